The number of aliphatic hydroxyl groups excluding tert-OH is 1. The van der Waals surface area contributed by atoms with Crippen molar-refractivity contribution >= 4 is 17.4 Å². The van der Waals surface area contributed by atoms with Crippen LogP contribution in [0.2, 0.25) is 0 Å². The zero-order chi connectivity index (χ0) is 16.0. The van der Waals surface area contributed by atoms with Gasteiger partial charge in [-0.15, -0.1) is 11.3 Å². The van der Waals surface area contributed by atoms with E-state index in [0.717, 1.165) is 23.5 Å². The number of nitrogens with one attached hydrogen (secondary N) is 1. The minimum Gasteiger partial charge on any atom is -0.392 e. The summed E-state index contributed by atoms with van der Waals surface area (Å²) in [4.78, 5) is 19.6. The van der Waals surface area contributed by atoms with Crippen LogP contribution in [0.3, 0.4) is 0 Å². The van der Waals surface area contributed by atoms with Crippen molar-refractivity contribution in [1.29, 1.82) is 0 Å². The molecule has 1 atom stereocenters. The molecule has 0 saturated carbocycles. The van der Waals surface area contributed by atoms with E-state index in [9.17, 15) is 9.90 Å². The molecule has 0 spiro atoms. The smallest absolute Gasteiger partial charge is 0.317 e. The quantitative estimate of drug-likeness (QED) is 0.812. The Balaban J connectivity index is 2.47. The second-order valence-corrected chi connectivity index (χ2v) is 6.83. The van der Waals surface area contributed by atoms with Crippen LogP contribution in [0, 0.1) is 6.92 Å². The van der Waals surface area contributed by atoms with Gasteiger partial charge in [0, 0.05) is 30.4 Å². The highest BCUT2D eigenvalue weighted by Gasteiger charge is 2.18. The zero-order valence-electron chi connectivity index (χ0n) is 13.6. The Morgan fingerprint density at radius 2 is 2.10 bits per heavy atom. The Morgan fingerprint density at radius 3 is 2.57 bits per heavy atom. The molecule has 120 valence electrons. The number of nitrogens with zero attached hydrogens (tertiary/aromatic N) is 2. The third-order valence-corrected chi connectivity index (χ3v) is 4.30. The molecule has 1 rings (SSSR count). The lowest BCUT2D eigenvalue weighted by Gasteiger charge is -2.28. The fourth-order valence-corrected chi connectivity index (χ4v) is 3.13. The average molecular weight is 313 g/mol. The van der Waals surface area contributed by atoms with E-state index in [-0.39, 0.29) is 12.1 Å². The van der Waals surface area contributed by atoms with Crippen LogP contribution in [0.5, 0.6) is 0 Å². The molecule has 1 aromatic heterocycles. The molecule has 0 aliphatic carbocycles. The normalized spacial score (nSPS) is 12.5. The Bertz CT molecular complexity index is 458. The maximum absolute atomic E-state index is 12.1. The number of rotatable bonds is 7. The van der Waals surface area contributed by atoms with Gasteiger partial charge in [0.15, 0.2) is 0 Å². The van der Waals surface area contributed by atoms with Crippen LogP contribution in [0.15, 0.2) is 0 Å². The summed E-state index contributed by atoms with van der Waals surface area (Å²) in [5.74, 6) is 0. The number of amides is 2. The minimum absolute atomic E-state index is 0.0633. The van der Waals surface area contributed by atoms with Crippen LogP contribution in [0.25, 0.3) is 0 Å². The molecule has 0 bridgehead atoms. The van der Waals surface area contributed by atoms with Gasteiger partial charge in [0.2, 0.25) is 0 Å². The maximum atomic E-state index is 12.1. The van der Waals surface area contributed by atoms with Gasteiger partial charge in [-0.1, -0.05) is 6.92 Å². The standard InChI is InChI=1S/C15H27N3O2S/c1-6-13-12(5)21-14(17-13)7-8-16-15(20)18(10(2)3)9-11(4)19/h10-11,19H,6-9H2,1-5H3,(H,16,20). The third-order valence-electron chi connectivity index (χ3n) is 3.23. The maximum Gasteiger partial charge on any atom is 0.317 e. The van der Waals surface area contributed by atoms with Gasteiger partial charge in [0.1, 0.15) is 0 Å². The fraction of sp³-hybridized carbons (Fsp3) is 0.733. The van der Waals surface area contributed by atoms with Gasteiger partial charge in [-0.2, -0.15) is 0 Å². The second-order valence-electron chi connectivity index (χ2n) is 5.54. The highest BCUT2D eigenvalue weighted by Crippen LogP contribution is 2.18. The monoisotopic (exact) mass is 313 g/mol. The van der Waals surface area contributed by atoms with Crippen molar-refractivity contribution in [3.8, 4) is 0 Å². The summed E-state index contributed by atoms with van der Waals surface area (Å²) in [5, 5.41) is 13.4. The summed E-state index contributed by atoms with van der Waals surface area (Å²) >= 11 is 1.70. The summed E-state index contributed by atoms with van der Waals surface area (Å²) in [7, 11) is 0. The third kappa shape index (κ3) is 5.63. The first-order valence-electron chi connectivity index (χ1n) is 7.52. The molecule has 0 aliphatic rings. The van der Waals surface area contributed by atoms with Crippen LogP contribution in [0.1, 0.15) is 43.3 Å². The SMILES string of the molecule is CCc1nc(CCNC(=O)N(CC(C)O)C(C)C)sc1C. The predicted molar refractivity (Wildman–Crippen MR) is 86.9 cm³/mol. The van der Waals surface area contributed by atoms with Gasteiger partial charge in [-0.3, -0.25) is 0 Å². The summed E-state index contributed by atoms with van der Waals surface area (Å²) in [6.07, 6.45) is 1.18. The molecule has 2 N–H and O–H groups in total. The molecule has 0 radical (unpaired) electrons. The number of aliphatic hydroxyl groups is 1. The van der Waals surface area contributed by atoms with E-state index < -0.39 is 6.10 Å². The molecule has 0 saturated heterocycles. The van der Waals surface area contributed by atoms with Crippen LogP contribution < -0.4 is 5.32 Å². The van der Waals surface area contributed by atoms with Crippen molar-refractivity contribution in [3.05, 3.63) is 15.6 Å². The average Bonchev–Trinajstić information content (AvgIpc) is 2.75. The van der Waals surface area contributed by atoms with Crippen molar-refractivity contribution in [2.24, 2.45) is 0 Å². The molecular formula is C15H27N3O2S. The lowest BCUT2D eigenvalue weighted by Crippen LogP contribution is -2.47. The van der Waals surface area contributed by atoms with Gasteiger partial charge in [-0.25, -0.2) is 9.78 Å². The molecule has 21 heavy (non-hydrogen) atoms. The first kappa shape index (κ1) is 17.9. The summed E-state index contributed by atoms with van der Waals surface area (Å²) in [6.45, 7) is 10.7. The molecule has 0 aromatic carbocycles. The molecule has 6 heteroatoms. The molecular weight excluding hydrogens is 286 g/mol. The van der Waals surface area contributed by atoms with E-state index in [1.807, 2.05) is 13.8 Å². The molecule has 1 unspecified atom stereocenters. The number of aromatic nitrogens is 1. The largest absolute Gasteiger partial charge is 0.392 e. The number of carbonyl (C=O) groups excluding carboxylic acids is 1. The highest BCUT2D eigenvalue weighted by molar-refractivity contribution is 7.11. The van der Waals surface area contributed by atoms with Gasteiger partial charge in [0.25, 0.3) is 0 Å². The first-order valence-corrected chi connectivity index (χ1v) is 8.34. The van der Waals surface area contributed by atoms with Crippen molar-refractivity contribution in [2.75, 3.05) is 13.1 Å². The predicted octanol–water partition coefficient (Wildman–Crippen LogP) is 2.36. The first-order chi connectivity index (χ1) is 9.85. The Morgan fingerprint density at radius 1 is 1.43 bits per heavy atom. The van der Waals surface area contributed by atoms with Crippen LogP contribution in [-0.4, -0.2) is 46.3 Å². The lowest BCUT2D eigenvalue weighted by atomic mass is 10.3. The Hall–Kier alpha value is -1.14. The summed E-state index contributed by atoms with van der Waals surface area (Å²) in [5.41, 5.74) is 1.15. The van der Waals surface area contributed by atoms with Crippen LogP contribution >= 0.6 is 11.3 Å². The zero-order valence-corrected chi connectivity index (χ0v) is 14.5. The topological polar surface area (TPSA) is 65.5 Å². The van der Waals surface area contributed by atoms with E-state index in [1.54, 1.807) is 23.2 Å². The second kappa shape index (κ2) is 8.34. The van der Waals surface area contributed by atoms with E-state index in [1.165, 1.54) is 4.88 Å². The number of hydrogen-bond donors (Lipinski definition) is 2. The number of urea groups is 1. The van der Waals surface area contributed by atoms with Gasteiger partial charge in [-0.05, 0) is 34.1 Å². The van der Waals surface area contributed by atoms with E-state index in [4.69, 9.17) is 0 Å². The lowest BCUT2D eigenvalue weighted by molar-refractivity contribution is 0.119. The van der Waals surface area contributed by atoms with Crippen molar-refractivity contribution in [3.63, 3.8) is 0 Å². The minimum atomic E-state index is -0.521. The number of aryl methyl sites for hydroxylation is 2. The van der Waals surface area contributed by atoms with E-state index in [0.29, 0.717) is 13.1 Å². The molecule has 0 aliphatic heterocycles. The number of carbonyl (C=O) groups is 1. The van der Waals surface area contributed by atoms with Gasteiger partial charge < -0.3 is 15.3 Å². The summed E-state index contributed by atoms with van der Waals surface area (Å²) < 4.78 is 0. The van der Waals surface area contributed by atoms with Crippen molar-refractivity contribution < 1.29 is 9.90 Å². The molecule has 1 heterocycles. The molecule has 5 nitrogen and oxygen atoms in total. The van der Waals surface area contributed by atoms with E-state index >= 15 is 0 Å². The number of hydrogen-bond acceptors (Lipinski definition) is 4. The van der Waals surface area contributed by atoms with Gasteiger partial charge >= 0.3 is 6.03 Å². The van der Waals surface area contributed by atoms with Crippen molar-refractivity contribution in [1.82, 2.24) is 15.2 Å². The summed E-state index contributed by atoms with van der Waals surface area (Å²) in [6, 6.07) is -0.0664. The molecule has 2 amide bonds. The molecule has 1 aromatic rings. The number of thiazole rings is 1. The van der Waals surface area contributed by atoms with Crippen molar-refractivity contribution in [2.45, 2.75) is 59.6 Å². The highest BCUT2D eigenvalue weighted by atomic mass is 32.1. The Labute approximate surface area is 131 Å². The fourth-order valence-electron chi connectivity index (χ4n) is 2.11. The van der Waals surface area contributed by atoms with E-state index in [2.05, 4.69) is 24.1 Å². The molecule has 0 fully saturated rings. The Kier molecular flexibility index (Phi) is 7.11. The van der Waals surface area contributed by atoms with Crippen LogP contribution in [0.4, 0.5) is 4.79 Å². The van der Waals surface area contributed by atoms with Gasteiger partial charge in [0.05, 0.1) is 16.8 Å². The van der Waals surface area contributed by atoms with Crippen LogP contribution in [-0.2, 0) is 12.8 Å².